The Kier molecular flexibility index (Phi) is 5.88. The van der Waals surface area contributed by atoms with E-state index >= 15 is 0 Å². The maximum absolute atomic E-state index is 13.1. The van der Waals surface area contributed by atoms with Gasteiger partial charge in [0.1, 0.15) is 17.0 Å². The number of tetrazole rings is 1. The number of benzene rings is 2. The molecule has 0 aliphatic heterocycles. The molecule has 3 aromatic rings. The third-order valence-electron chi connectivity index (χ3n) is 6.15. The zero-order valence-corrected chi connectivity index (χ0v) is 18.1. The molecule has 2 aromatic carbocycles. The Morgan fingerprint density at radius 2 is 1.81 bits per heavy atom. The van der Waals surface area contributed by atoms with Gasteiger partial charge in [-0.05, 0) is 66.3 Å². The number of carbonyl (C=O) groups excluding carboxylic acids is 1. The first-order chi connectivity index (χ1) is 15.0. The van der Waals surface area contributed by atoms with Crippen LogP contribution in [-0.2, 0) is 5.54 Å². The summed E-state index contributed by atoms with van der Waals surface area (Å²) in [5, 5.41) is 12.6. The van der Waals surface area contributed by atoms with Crippen molar-refractivity contribution in [3.8, 4) is 17.2 Å². The molecular weight excluding hydrogens is 394 g/mol. The molecule has 4 rings (SSSR count). The van der Waals surface area contributed by atoms with Crippen LogP contribution in [0, 0.1) is 5.92 Å². The van der Waals surface area contributed by atoms with Gasteiger partial charge in [0.25, 0.3) is 0 Å². The summed E-state index contributed by atoms with van der Waals surface area (Å²) in [5.74, 6) is 2.42. The van der Waals surface area contributed by atoms with Crippen LogP contribution in [0.1, 0.15) is 38.4 Å². The van der Waals surface area contributed by atoms with Gasteiger partial charge >= 0.3 is 6.09 Å². The lowest BCUT2D eigenvalue weighted by Crippen LogP contribution is -2.51. The van der Waals surface area contributed by atoms with E-state index in [1.165, 1.54) is 0 Å². The maximum Gasteiger partial charge on any atom is 0.415 e. The van der Waals surface area contributed by atoms with Crippen molar-refractivity contribution in [2.24, 2.45) is 5.92 Å². The molecule has 1 aliphatic rings. The second-order valence-corrected chi connectivity index (χ2v) is 8.07. The number of ether oxygens (including phenoxy) is 2. The summed E-state index contributed by atoms with van der Waals surface area (Å²) in [4.78, 5) is 14.8. The number of rotatable bonds is 5. The van der Waals surface area contributed by atoms with Gasteiger partial charge in [0, 0.05) is 13.1 Å². The van der Waals surface area contributed by atoms with Crippen LogP contribution in [0.5, 0.6) is 11.5 Å². The first-order valence-electron chi connectivity index (χ1n) is 10.5. The molecule has 0 atom stereocenters. The molecular formula is C23H27N5O3. The summed E-state index contributed by atoms with van der Waals surface area (Å²) in [7, 11) is 3.39. The lowest BCUT2D eigenvalue weighted by atomic mass is 9.75. The zero-order valence-electron chi connectivity index (χ0n) is 18.1. The molecule has 0 radical (unpaired) electrons. The van der Waals surface area contributed by atoms with Gasteiger partial charge in [-0.2, -0.15) is 4.68 Å². The highest BCUT2D eigenvalue weighted by atomic mass is 16.6. The van der Waals surface area contributed by atoms with Crippen molar-refractivity contribution >= 4 is 6.09 Å². The molecule has 162 valence electrons. The zero-order chi connectivity index (χ0) is 21.8. The minimum Gasteiger partial charge on any atom is -0.497 e. The molecule has 1 heterocycles. The SMILES string of the molecule is COc1cccc(-n2nnnc2C2(N(C)C(=O)Oc3ccccc3)CCC(C)CC2)c1. The number of aromatic nitrogens is 4. The molecule has 0 saturated heterocycles. The van der Waals surface area contributed by atoms with Gasteiger partial charge < -0.3 is 9.47 Å². The highest BCUT2D eigenvalue weighted by Crippen LogP contribution is 2.43. The van der Waals surface area contributed by atoms with E-state index in [4.69, 9.17) is 9.47 Å². The van der Waals surface area contributed by atoms with E-state index in [1.54, 1.807) is 35.9 Å². The summed E-state index contributed by atoms with van der Waals surface area (Å²) >= 11 is 0. The molecule has 8 heteroatoms. The Balaban J connectivity index is 1.72. The third-order valence-corrected chi connectivity index (χ3v) is 6.15. The summed E-state index contributed by atoms with van der Waals surface area (Å²) in [6.07, 6.45) is 3.00. The summed E-state index contributed by atoms with van der Waals surface area (Å²) in [6.45, 7) is 2.23. The predicted molar refractivity (Wildman–Crippen MR) is 115 cm³/mol. The van der Waals surface area contributed by atoms with Gasteiger partial charge in [0.05, 0.1) is 12.8 Å². The van der Waals surface area contributed by atoms with Crippen molar-refractivity contribution in [1.29, 1.82) is 0 Å². The first-order valence-corrected chi connectivity index (χ1v) is 10.5. The van der Waals surface area contributed by atoms with Crippen LogP contribution in [0.15, 0.2) is 54.6 Å². The van der Waals surface area contributed by atoms with Crippen LogP contribution in [0.25, 0.3) is 5.69 Å². The topological polar surface area (TPSA) is 82.4 Å². The van der Waals surface area contributed by atoms with Crippen molar-refractivity contribution in [3.63, 3.8) is 0 Å². The van der Waals surface area contributed by atoms with Crippen molar-refractivity contribution < 1.29 is 14.3 Å². The van der Waals surface area contributed by atoms with Crippen LogP contribution in [0.2, 0.25) is 0 Å². The highest BCUT2D eigenvalue weighted by molar-refractivity contribution is 5.71. The first kappa shape index (κ1) is 20.8. The van der Waals surface area contributed by atoms with E-state index in [1.807, 2.05) is 42.5 Å². The normalized spacial score (nSPS) is 20.8. The molecule has 0 unspecified atom stereocenters. The molecule has 1 aliphatic carbocycles. The van der Waals surface area contributed by atoms with E-state index in [0.29, 0.717) is 23.2 Å². The highest BCUT2D eigenvalue weighted by Gasteiger charge is 2.46. The number of methoxy groups -OCH3 is 1. The molecule has 0 bridgehead atoms. The Hall–Kier alpha value is -3.42. The second kappa shape index (κ2) is 8.75. The van der Waals surface area contributed by atoms with Gasteiger partial charge in [0.2, 0.25) is 0 Å². The van der Waals surface area contributed by atoms with Gasteiger partial charge in [-0.3, -0.25) is 4.90 Å². The average Bonchev–Trinajstić information content (AvgIpc) is 3.30. The number of para-hydroxylation sites is 1. The average molecular weight is 422 g/mol. The van der Waals surface area contributed by atoms with E-state index < -0.39 is 11.6 Å². The van der Waals surface area contributed by atoms with Gasteiger partial charge in [-0.15, -0.1) is 5.10 Å². The van der Waals surface area contributed by atoms with Gasteiger partial charge in [0.15, 0.2) is 5.82 Å². The Morgan fingerprint density at radius 3 is 2.52 bits per heavy atom. The Bertz CT molecular complexity index is 1030. The predicted octanol–water partition coefficient (Wildman–Crippen LogP) is 4.21. The number of nitrogens with zero attached hydrogens (tertiary/aromatic N) is 5. The largest absolute Gasteiger partial charge is 0.497 e. The molecule has 1 fully saturated rings. The summed E-state index contributed by atoms with van der Waals surface area (Å²) in [6, 6.07) is 16.6. The van der Waals surface area contributed by atoms with Crippen LogP contribution >= 0.6 is 0 Å². The van der Waals surface area contributed by atoms with E-state index in [0.717, 1.165) is 31.4 Å². The monoisotopic (exact) mass is 421 g/mol. The fraction of sp³-hybridized carbons (Fsp3) is 0.391. The lowest BCUT2D eigenvalue weighted by molar-refractivity contribution is 0.0514. The molecule has 8 nitrogen and oxygen atoms in total. The maximum atomic E-state index is 13.1. The van der Waals surface area contributed by atoms with Crippen molar-refractivity contribution in [2.45, 2.75) is 38.1 Å². The molecule has 1 aromatic heterocycles. The summed E-state index contributed by atoms with van der Waals surface area (Å²) < 4.78 is 12.7. The Morgan fingerprint density at radius 1 is 1.10 bits per heavy atom. The summed E-state index contributed by atoms with van der Waals surface area (Å²) in [5.41, 5.74) is 0.104. The van der Waals surface area contributed by atoms with Crippen molar-refractivity contribution in [1.82, 2.24) is 25.1 Å². The minimum atomic E-state index is -0.676. The molecule has 0 N–H and O–H groups in total. The molecule has 0 spiro atoms. The molecule has 1 amide bonds. The number of amides is 1. The van der Waals surface area contributed by atoms with Crippen LogP contribution < -0.4 is 9.47 Å². The minimum absolute atomic E-state index is 0.430. The lowest BCUT2D eigenvalue weighted by Gasteiger charge is -2.44. The van der Waals surface area contributed by atoms with E-state index in [9.17, 15) is 4.79 Å². The fourth-order valence-electron chi connectivity index (χ4n) is 4.17. The fourth-order valence-corrected chi connectivity index (χ4v) is 4.17. The van der Waals surface area contributed by atoms with Gasteiger partial charge in [-0.1, -0.05) is 31.2 Å². The standard InChI is InChI=1S/C23H27N5O3/c1-17-12-14-23(15-13-17,27(2)22(29)31-19-9-5-4-6-10-19)21-24-25-26-28(21)18-8-7-11-20(16-18)30-3/h4-11,16-17H,12-15H2,1-3H3. The van der Waals surface area contributed by atoms with Gasteiger partial charge in [-0.25, -0.2) is 4.79 Å². The number of hydrogen-bond donors (Lipinski definition) is 0. The number of hydrogen-bond acceptors (Lipinski definition) is 6. The van der Waals surface area contributed by atoms with Crippen molar-refractivity contribution in [3.05, 3.63) is 60.4 Å². The van der Waals surface area contributed by atoms with Crippen molar-refractivity contribution in [2.75, 3.05) is 14.2 Å². The second-order valence-electron chi connectivity index (χ2n) is 8.07. The van der Waals surface area contributed by atoms with Crippen LogP contribution in [0.4, 0.5) is 4.79 Å². The van der Waals surface area contributed by atoms with E-state index in [-0.39, 0.29) is 0 Å². The van der Waals surface area contributed by atoms with E-state index in [2.05, 4.69) is 22.4 Å². The smallest absolute Gasteiger partial charge is 0.415 e. The van der Waals surface area contributed by atoms with Crippen LogP contribution in [0.3, 0.4) is 0 Å². The molecule has 1 saturated carbocycles. The third kappa shape index (κ3) is 4.10. The number of carbonyl (C=O) groups is 1. The quantitative estimate of drug-likeness (QED) is 0.614. The Labute approximate surface area is 181 Å². The molecule has 31 heavy (non-hydrogen) atoms. The van der Waals surface area contributed by atoms with Crippen LogP contribution in [-0.4, -0.2) is 45.4 Å².